The quantitative estimate of drug-likeness (QED) is 0.726. The van der Waals surface area contributed by atoms with Gasteiger partial charge in [0, 0.05) is 19.5 Å². The predicted octanol–water partition coefficient (Wildman–Crippen LogP) is 1.95. The van der Waals surface area contributed by atoms with Crippen LogP contribution >= 0.6 is 0 Å². The van der Waals surface area contributed by atoms with Gasteiger partial charge in [-0.05, 0) is 19.8 Å². The van der Waals surface area contributed by atoms with Crippen LogP contribution in [-0.4, -0.2) is 41.9 Å². The van der Waals surface area contributed by atoms with E-state index in [0.29, 0.717) is 25.1 Å². The van der Waals surface area contributed by atoms with Crippen LogP contribution in [0.25, 0.3) is 0 Å². The van der Waals surface area contributed by atoms with Crippen LogP contribution in [0.3, 0.4) is 0 Å². The molecule has 1 amide bonds. The fourth-order valence-electron chi connectivity index (χ4n) is 2.28. The van der Waals surface area contributed by atoms with E-state index in [1.54, 1.807) is 6.92 Å². The third-order valence-electron chi connectivity index (χ3n) is 3.29. The monoisotopic (exact) mass is 264 g/mol. The van der Waals surface area contributed by atoms with E-state index in [-0.39, 0.29) is 18.9 Å². The summed E-state index contributed by atoms with van der Waals surface area (Å²) in [5, 5.41) is 3.65. The van der Waals surface area contributed by atoms with E-state index in [2.05, 4.69) is 5.16 Å². The number of hydrogen-bond acceptors (Lipinski definition) is 3. The number of amides is 1. The number of alkyl halides is 3. The molecule has 0 saturated carbocycles. The SMILES string of the molecule is CC1=NOC(C(=O)N2CCCC(C(F)(F)F)C2)C1. The number of halogens is 3. The summed E-state index contributed by atoms with van der Waals surface area (Å²) >= 11 is 0. The van der Waals surface area contributed by atoms with Gasteiger partial charge in [-0.15, -0.1) is 0 Å². The zero-order chi connectivity index (χ0) is 13.3. The fourth-order valence-corrected chi connectivity index (χ4v) is 2.28. The number of likely N-dealkylation sites (tertiary alicyclic amines) is 1. The van der Waals surface area contributed by atoms with E-state index in [1.807, 2.05) is 0 Å². The van der Waals surface area contributed by atoms with E-state index < -0.39 is 18.2 Å². The van der Waals surface area contributed by atoms with Gasteiger partial charge in [-0.25, -0.2) is 0 Å². The van der Waals surface area contributed by atoms with Gasteiger partial charge >= 0.3 is 6.18 Å². The van der Waals surface area contributed by atoms with Crippen molar-refractivity contribution in [3.05, 3.63) is 0 Å². The molecule has 0 spiro atoms. The molecule has 2 aliphatic rings. The van der Waals surface area contributed by atoms with E-state index in [9.17, 15) is 18.0 Å². The minimum atomic E-state index is -4.23. The molecule has 2 heterocycles. The Hall–Kier alpha value is -1.27. The van der Waals surface area contributed by atoms with Gasteiger partial charge < -0.3 is 9.74 Å². The Morgan fingerprint density at radius 3 is 2.78 bits per heavy atom. The Kier molecular flexibility index (Phi) is 3.49. The molecule has 4 nitrogen and oxygen atoms in total. The van der Waals surface area contributed by atoms with Crippen molar-refractivity contribution < 1.29 is 22.8 Å². The average Bonchev–Trinajstić information content (AvgIpc) is 2.74. The average molecular weight is 264 g/mol. The first-order valence-electron chi connectivity index (χ1n) is 5.92. The number of oxime groups is 1. The van der Waals surface area contributed by atoms with Gasteiger partial charge in [0.05, 0.1) is 11.6 Å². The Balaban J connectivity index is 1.95. The maximum absolute atomic E-state index is 12.6. The van der Waals surface area contributed by atoms with Crippen molar-refractivity contribution >= 4 is 11.6 Å². The Labute approximate surface area is 103 Å². The molecule has 2 unspecified atom stereocenters. The first-order valence-corrected chi connectivity index (χ1v) is 5.92. The van der Waals surface area contributed by atoms with Crippen molar-refractivity contribution in [1.82, 2.24) is 4.90 Å². The van der Waals surface area contributed by atoms with Gasteiger partial charge in [-0.2, -0.15) is 13.2 Å². The number of carbonyl (C=O) groups excluding carboxylic acids is 1. The summed E-state index contributed by atoms with van der Waals surface area (Å²) in [5.74, 6) is -1.80. The molecule has 0 aromatic heterocycles. The molecule has 0 aromatic carbocycles. The van der Waals surface area contributed by atoms with Crippen molar-refractivity contribution in [3.63, 3.8) is 0 Å². The Bertz CT molecular complexity index is 368. The van der Waals surface area contributed by atoms with Crippen molar-refractivity contribution in [1.29, 1.82) is 0 Å². The smallest absolute Gasteiger partial charge is 0.382 e. The first-order chi connectivity index (χ1) is 8.38. The summed E-state index contributed by atoms with van der Waals surface area (Å²) in [7, 11) is 0. The maximum atomic E-state index is 12.6. The molecular weight excluding hydrogens is 249 g/mol. The zero-order valence-corrected chi connectivity index (χ0v) is 10.0. The topological polar surface area (TPSA) is 41.9 Å². The van der Waals surface area contributed by atoms with Gasteiger partial charge in [0.1, 0.15) is 0 Å². The van der Waals surface area contributed by atoms with Crippen LogP contribution in [0.15, 0.2) is 5.16 Å². The van der Waals surface area contributed by atoms with Crippen LogP contribution in [0.2, 0.25) is 0 Å². The van der Waals surface area contributed by atoms with Crippen molar-refractivity contribution in [2.45, 2.75) is 38.5 Å². The lowest BCUT2D eigenvalue weighted by molar-refractivity contribution is -0.189. The molecule has 2 atom stereocenters. The summed E-state index contributed by atoms with van der Waals surface area (Å²) in [5.41, 5.74) is 0.692. The number of rotatable bonds is 1. The predicted molar refractivity (Wildman–Crippen MR) is 58.0 cm³/mol. The lowest BCUT2D eigenvalue weighted by Crippen LogP contribution is -2.48. The highest BCUT2D eigenvalue weighted by atomic mass is 19.4. The molecular formula is C11H15F3N2O2. The van der Waals surface area contributed by atoms with E-state index in [1.165, 1.54) is 4.90 Å². The molecule has 2 rings (SSSR count). The van der Waals surface area contributed by atoms with Crippen LogP contribution in [-0.2, 0) is 9.63 Å². The molecule has 102 valence electrons. The van der Waals surface area contributed by atoms with Crippen molar-refractivity contribution in [2.24, 2.45) is 11.1 Å². The zero-order valence-electron chi connectivity index (χ0n) is 10.0. The van der Waals surface area contributed by atoms with Crippen LogP contribution < -0.4 is 0 Å². The number of hydrogen-bond donors (Lipinski definition) is 0. The molecule has 0 aromatic rings. The molecule has 0 N–H and O–H groups in total. The summed E-state index contributed by atoms with van der Waals surface area (Å²) in [6, 6.07) is 0. The summed E-state index contributed by atoms with van der Waals surface area (Å²) in [6.45, 7) is 1.83. The van der Waals surface area contributed by atoms with Gasteiger partial charge in [0.25, 0.3) is 5.91 Å². The molecule has 2 aliphatic heterocycles. The van der Waals surface area contributed by atoms with Gasteiger partial charge in [-0.3, -0.25) is 4.79 Å². The van der Waals surface area contributed by atoms with Crippen molar-refractivity contribution in [3.8, 4) is 0 Å². The molecule has 0 bridgehead atoms. The third-order valence-corrected chi connectivity index (χ3v) is 3.29. The number of carbonyl (C=O) groups is 1. The van der Waals surface area contributed by atoms with E-state index in [0.717, 1.165) is 0 Å². The standard InChI is InChI=1S/C11H15F3N2O2/c1-7-5-9(18-15-7)10(17)16-4-2-3-8(6-16)11(12,13)14/h8-9H,2-6H2,1H3. The van der Waals surface area contributed by atoms with Crippen LogP contribution in [0.1, 0.15) is 26.2 Å². The summed E-state index contributed by atoms with van der Waals surface area (Å²) in [6.07, 6.45) is -4.14. The summed E-state index contributed by atoms with van der Waals surface area (Å²) < 4.78 is 37.9. The highest BCUT2D eigenvalue weighted by Gasteiger charge is 2.44. The Morgan fingerprint density at radius 2 is 2.22 bits per heavy atom. The second-order valence-electron chi connectivity index (χ2n) is 4.79. The summed E-state index contributed by atoms with van der Waals surface area (Å²) in [4.78, 5) is 18.1. The highest BCUT2D eigenvalue weighted by Crippen LogP contribution is 2.33. The van der Waals surface area contributed by atoms with E-state index >= 15 is 0 Å². The fraction of sp³-hybridized carbons (Fsp3) is 0.818. The maximum Gasteiger partial charge on any atom is 0.393 e. The molecule has 1 fully saturated rings. The second kappa shape index (κ2) is 4.78. The molecule has 7 heteroatoms. The normalized spacial score (nSPS) is 28.9. The van der Waals surface area contributed by atoms with Gasteiger partial charge in [0.2, 0.25) is 6.10 Å². The molecule has 0 radical (unpaired) electrons. The number of nitrogens with zero attached hydrogens (tertiary/aromatic N) is 2. The van der Waals surface area contributed by atoms with Crippen molar-refractivity contribution in [2.75, 3.05) is 13.1 Å². The largest absolute Gasteiger partial charge is 0.393 e. The lowest BCUT2D eigenvalue weighted by atomic mass is 9.97. The highest BCUT2D eigenvalue weighted by molar-refractivity contribution is 5.91. The minimum absolute atomic E-state index is 0.0916. The molecule has 18 heavy (non-hydrogen) atoms. The lowest BCUT2D eigenvalue weighted by Gasteiger charge is -2.34. The molecule has 0 aliphatic carbocycles. The Morgan fingerprint density at radius 1 is 1.50 bits per heavy atom. The minimum Gasteiger partial charge on any atom is -0.382 e. The van der Waals surface area contributed by atoms with Crippen LogP contribution in [0.5, 0.6) is 0 Å². The van der Waals surface area contributed by atoms with E-state index in [4.69, 9.17) is 4.84 Å². The first kappa shape index (κ1) is 13.2. The van der Waals surface area contributed by atoms with Gasteiger partial charge in [-0.1, -0.05) is 5.16 Å². The molecule has 1 saturated heterocycles. The second-order valence-corrected chi connectivity index (χ2v) is 4.79. The number of piperidine rings is 1. The third kappa shape index (κ3) is 2.76. The van der Waals surface area contributed by atoms with Crippen LogP contribution in [0, 0.1) is 5.92 Å². The van der Waals surface area contributed by atoms with Crippen LogP contribution in [0.4, 0.5) is 13.2 Å². The van der Waals surface area contributed by atoms with Gasteiger partial charge in [0.15, 0.2) is 0 Å².